The van der Waals surface area contributed by atoms with Gasteiger partial charge in [-0.05, 0) is 29.4 Å². The molecule has 0 spiro atoms. The number of carboxylic acids is 1. The average molecular weight is 265 g/mol. The van der Waals surface area contributed by atoms with Gasteiger partial charge in [0.1, 0.15) is 6.33 Å². The zero-order chi connectivity index (χ0) is 14.1. The summed E-state index contributed by atoms with van der Waals surface area (Å²) in [4.78, 5) is 19.3. The summed E-state index contributed by atoms with van der Waals surface area (Å²) >= 11 is 0. The quantitative estimate of drug-likeness (QED) is 0.692. The second kappa shape index (κ2) is 4.81. The highest BCUT2D eigenvalue weighted by Gasteiger charge is 2.06. The standard InChI is InChI=1S/C14H12BN3O2/c15-13-6-11-12(7-16-13)18(8-17-11)10-3-1-9(2-4-10)5-14(19)20/h1-4,6-8H,5,15H2,(H,19,20). The summed E-state index contributed by atoms with van der Waals surface area (Å²) in [6.45, 7) is 0. The fourth-order valence-electron chi connectivity index (χ4n) is 2.16. The lowest BCUT2D eigenvalue weighted by molar-refractivity contribution is -0.136. The van der Waals surface area contributed by atoms with E-state index >= 15 is 0 Å². The van der Waals surface area contributed by atoms with Crippen molar-refractivity contribution in [3.63, 3.8) is 0 Å². The molecule has 0 aliphatic carbocycles. The highest BCUT2D eigenvalue weighted by atomic mass is 16.4. The molecule has 0 saturated carbocycles. The van der Waals surface area contributed by atoms with Gasteiger partial charge < -0.3 is 5.11 Å². The van der Waals surface area contributed by atoms with Crippen molar-refractivity contribution >= 4 is 30.4 Å². The summed E-state index contributed by atoms with van der Waals surface area (Å²) in [5.74, 6) is -0.828. The number of fused-ring (bicyclic) bond motifs is 1. The number of carbonyl (C=O) groups is 1. The lowest BCUT2D eigenvalue weighted by atomic mass is 10.0. The maximum Gasteiger partial charge on any atom is 0.307 e. The Hall–Kier alpha value is -2.63. The van der Waals surface area contributed by atoms with Crippen molar-refractivity contribution in [1.82, 2.24) is 14.5 Å². The fourth-order valence-corrected chi connectivity index (χ4v) is 2.16. The predicted octanol–water partition coefficient (Wildman–Crippen LogP) is 0.306. The van der Waals surface area contributed by atoms with E-state index in [2.05, 4.69) is 9.97 Å². The summed E-state index contributed by atoms with van der Waals surface area (Å²) in [6, 6.07) is 9.34. The normalized spacial score (nSPS) is 10.8. The molecular weight excluding hydrogens is 253 g/mol. The fraction of sp³-hybridized carbons (Fsp3) is 0.0714. The van der Waals surface area contributed by atoms with Crippen LogP contribution in [0.3, 0.4) is 0 Å². The van der Waals surface area contributed by atoms with Crippen LogP contribution in [0, 0.1) is 0 Å². The Morgan fingerprint density at radius 3 is 2.70 bits per heavy atom. The Balaban J connectivity index is 2.00. The van der Waals surface area contributed by atoms with Crippen LogP contribution in [0.4, 0.5) is 0 Å². The average Bonchev–Trinajstić information content (AvgIpc) is 2.82. The number of aliphatic carboxylic acids is 1. The van der Waals surface area contributed by atoms with Gasteiger partial charge in [0.2, 0.25) is 0 Å². The molecular formula is C14H12BN3O2. The number of benzene rings is 1. The Kier molecular flexibility index (Phi) is 2.98. The molecule has 0 amide bonds. The summed E-state index contributed by atoms with van der Waals surface area (Å²) in [7, 11) is 1.93. The van der Waals surface area contributed by atoms with Crippen LogP contribution in [0.2, 0.25) is 0 Å². The third-order valence-corrected chi connectivity index (χ3v) is 3.14. The second-order valence-corrected chi connectivity index (χ2v) is 4.67. The monoisotopic (exact) mass is 265 g/mol. The van der Waals surface area contributed by atoms with E-state index in [-0.39, 0.29) is 6.42 Å². The number of hydrogen-bond donors (Lipinski definition) is 1. The molecule has 1 N–H and O–H groups in total. The summed E-state index contributed by atoms with van der Waals surface area (Å²) in [5.41, 5.74) is 4.47. The third kappa shape index (κ3) is 2.27. The number of pyridine rings is 1. The topological polar surface area (TPSA) is 68.0 Å². The van der Waals surface area contributed by atoms with Crippen LogP contribution in [0.25, 0.3) is 16.7 Å². The molecule has 0 aliphatic rings. The van der Waals surface area contributed by atoms with Crippen molar-refractivity contribution in [2.24, 2.45) is 0 Å². The molecule has 0 radical (unpaired) electrons. The van der Waals surface area contributed by atoms with Crippen molar-refractivity contribution in [2.75, 3.05) is 0 Å². The molecule has 0 aliphatic heterocycles. The van der Waals surface area contributed by atoms with Crippen LogP contribution in [0.5, 0.6) is 0 Å². The van der Waals surface area contributed by atoms with Gasteiger partial charge in [0.15, 0.2) is 7.85 Å². The number of carboxylic acid groups (broad SMARTS) is 1. The van der Waals surface area contributed by atoms with Gasteiger partial charge in [0.25, 0.3) is 0 Å². The first kappa shape index (κ1) is 12.4. The first-order valence-corrected chi connectivity index (χ1v) is 6.24. The Labute approximate surface area is 116 Å². The highest BCUT2D eigenvalue weighted by Crippen LogP contribution is 2.17. The van der Waals surface area contributed by atoms with E-state index in [0.717, 1.165) is 27.9 Å². The molecule has 0 bridgehead atoms. The molecule has 2 heterocycles. The van der Waals surface area contributed by atoms with Gasteiger partial charge in [-0.3, -0.25) is 14.3 Å². The maximum absolute atomic E-state index is 10.7. The molecule has 6 heteroatoms. The van der Waals surface area contributed by atoms with Gasteiger partial charge in [0.05, 0.1) is 23.7 Å². The molecule has 3 rings (SSSR count). The Bertz CT molecular complexity index is 781. The van der Waals surface area contributed by atoms with Gasteiger partial charge in [-0.25, -0.2) is 4.98 Å². The minimum Gasteiger partial charge on any atom is -0.481 e. The molecule has 0 saturated heterocycles. The van der Waals surface area contributed by atoms with E-state index in [4.69, 9.17) is 5.11 Å². The Morgan fingerprint density at radius 1 is 1.25 bits per heavy atom. The van der Waals surface area contributed by atoms with E-state index in [1.807, 2.05) is 42.7 Å². The number of nitrogens with zero attached hydrogens (tertiary/aromatic N) is 3. The molecule has 5 nitrogen and oxygen atoms in total. The van der Waals surface area contributed by atoms with Crippen molar-refractivity contribution in [3.05, 3.63) is 48.4 Å². The lowest BCUT2D eigenvalue weighted by Gasteiger charge is -2.05. The van der Waals surface area contributed by atoms with Crippen molar-refractivity contribution in [1.29, 1.82) is 0 Å². The van der Waals surface area contributed by atoms with Crippen LogP contribution < -0.4 is 5.59 Å². The number of imidazole rings is 1. The zero-order valence-corrected chi connectivity index (χ0v) is 10.9. The van der Waals surface area contributed by atoms with Crippen LogP contribution in [-0.2, 0) is 11.2 Å². The minimum absolute atomic E-state index is 0.0334. The summed E-state index contributed by atoms with van der Waals surface area (Å²) in [6.07, 6.45) is 3.58. The highest BCUT2D eigenvalue weighted by molar-refractivity contribution is 6.31. The van der Waals surface area contributed by atoms with E-state index < -0.39 is 5.97 Å². The zero-order valence-electron chi connectivity index (χ0n) is 10.9. The van der Waals surface area contributed by atoms with Crippen LogP contribution >= 0.6 is 0 Å². The van der Waals surface area contributed by atoms with Crippen molar-refractivity contribution < 1.29 is 9.90 Å². The lowest BCUT2D eigenvalue weighted by Crippen LogP contribution is -2.06. The van der Waals surface area contributed by atoms with Crippen molar-refractivity contribution in [2.45, 2.75) is 6.42 Å². The molecule has 0 unspecified atom stereocenters. The predicted molar refractivity (Wildman–Crippen MR) is 78.4 cm³/mol. The van der Waals surface area contributed by atoms with E-state index in [1.165, 1.54) is 0 Å². The maximum atomic E-state index is 10.7. The third-order valence-electron chi connectivity index (χ3n) is 3.14. The molecule has 0 fully saturated rings. The molecule has 0 atom stereocenters. The number of aromatic nitrogens is 3. The van der Waals surface area contributed by atoms with E-state index in [9.17, 15) is 4.79 Å². The van der Waals surface area contributed by atoms with E-state index in [1.54, 1.807) is 12.5 Å². The largest absolute Gasteiger partial charge is 0.481 e. The molecule has 3 aromatic rings. The number of rotatable bonds is 3. The van der Waals surface area contributed by atoms with E-state index in [0.29, 0.717) is 0 Å². The second-order valence-electron chi connectivity index (χ2n) is 4.67. The molecule has 98 valence electrons. The minimum atomic E-state index is -0.828. The van der Waals surface area contributed by atoms with Crippen molar-refractivity contribution in [3.8, 4) is 5.69 Å². The first-order valence-electron chi connectivity index (χ1n) is 6.24. The van der Waals surface area contributed by atoms with Gasteiger partial charge in [0, 0.05) is 5.69 Å². The SMILES string of the molecule is Bc1cc2ncn(-c3ccc(CC(=O)O)cc3)c2cn1. The number of hydrogen-bond acceptors (Lipinski definition) is 3. The summed E-state index contributed by atoms with van der Waals surface area (Å²) in [5, 5.41) is 8.76. The van der Waals surface area contributed by atoms with Gasteiger partial charge in [-0.2, -0.15) is 0 Å². The summed E-state index contributed by atoms with van der Waals surface area (Å²) < 4.78 is 1.94. The Morgan fingerprint density at radius 2 is 2.00 bits per heavy atom. The van der Waals surface area contributed by atoms with Crippen LogP contribution in [0.1, 0.15) is 5.56 Å². The molecule has 1 aromatic carbocycles. The van der Waals surface area contributed by atoms with Crippen LogP contribution in [0.15, 0.2) is 42.9 Å². The molecule has 20 heavy (non-hydrogen) atoms. The molecule has 2 aromatic heterocycles. The van der Waals surface area contributed by atoms with Crippen LogP contribution in [-0.4, -0.2) is 33.5 Å². The smallest absolute Gasteiger partial charge is 0.307 e. The first-order chi connectivity index (χ1) is 9.63. The van der Waals surface area contributed by atoms with Gasteiger partial charge in [-0.15, -0.1) is 0 Å². The van der Waals surface area contributed by atoms with Gasteiger partial charge >= 0.3 is 5.97 Å². The van der Waals surface area contributed by atoms with Gasteiger partial charge in [-0.1, -0.05) is 12.1 Å².